The maximum absolute atomic E-state index is 10.9. The van der Waals surface area contributed by atoms with E-state index in [1.165, 1.54) is 6.07 Å². The zero-order valence-corrected chi connectivity index (χ0v) is 10.8. The third-order valence-corrected chi connectivity index (χ3v) is 3.00. The Balaban J connectivity index is 2.86. The standard InChI is InChI=1S/C12H16ClNO3/c1-7(8(2)17-3)14-9-4-5-11(13)10(6-9)12(15)16/h4-8,14H,1-3H3,(H,15,16). The molecule has 2 atom stereocenters. The maximum Gasteiger partial charge on any atom is 0.337 e. The van der Waals surface area contributed by atoms with Crippen LogP contribution >= 0.6 is 11.6 Å². The lowest BCUT2D eigenvalue weighted by Gasteiger charge is -2.21. The lowest BCUT2D eigenvalue weighted by atomic mass is 10.1. The largest absolute Gasteiger partial charge is 0.478 e. The summed E-state index contributed by atoms with van der Waals surface area (Å²) in [4.78, 5) is 10.9. The van der Waals surface area contributed by atoms with E-state index in [0.717, 1.165) is 0 Å². The summed E-state index contributed by atoms with van der Waals surface area (Å²) in [6.45, 7) is 3.90. The summed E-state index contributed by atoms with van der Waals surface area (Å²) in [5.74, 6) is -1.04. The molecule has 0 heterocycles. The highest BCUT2D eigenvalue weighted by Crippen LogP contribution is 2.21. The second-order valence-corrected chi connectivity index (χ2v) is 4.28. The number of hydrogen-bond donors (Lipinski definition) is 2. The third-order valence-electron chi connectivity index (χ3n) is 2.67. The molecule has 0 aliphatic carbocycles. The minimum absolute atomic E-state index is 0.0268. The molecule has 2 N–H and O–H groups in total. The van der Waals surface area contributed by atoms with E-state index in [9.17, 15) is 4.79 Å². The Labute approximate surface area is 106 Å². The summed E-state index contributed by atoms with van der Waals surface area (Å²) in [6.07, 6.45) is 0.0268. The second-order valence-electron chi connectivity index (χ2n) is 3.87. The summed E-state index contributed by atoms with van der Waals surface area (Å²) < 4.78 is 5.18. The molecular formula is C12H16ClNO3. The van der Waals surface area contributed by atoms with Crippen molar-refractivity contribution in [2.45, 2.75) is 26.0 Å². The van der Waals surface area contributed by atoms with Crippen molar-refractivity contribution in [3.05, 3.63) is 28.8 Å². The molecule has 0 radical (unpaired) electrons. The minimum atomic E-state index is -1.04. The fraction of sp³-hybridized carbons (Fsp3) is 0.417. The smallest absolute Gasteiger partial charge is 0.337 e. The van der Waals surface area contributed by atoms with E-state index in [1.807, 2.05) is 13.8 Å². The maximum atomic E-state index is 10.9. The lowest BCUT2D eigenvalue weighted by molar-refractivity contribution is 0.0697. The predicted octanol–water partition coefficient (Wildman–Crippen LogP) is 2.87. The quantitative estimate of drug-likeness (QED) is 0.852. The number of ether oxygens (including phenoxy) is 1. The van der Waals surface area contributed by atoms with Crippen molar-refractivity contribution in [3.63, 3.8) is 0 Å². The molecule has 5 heteroatoms. The van der Waals surface area contributed by atoms with Crippen molar-refractivity contribution in [3.8, 4) is 0 Å². The van der Waals surface area contributed by atoms with Gasteiger partial charge in [0, 0.05) is 18.8 Å². The Bertz CT molecular complexity index is 409. The molecule has 0 aliphatic heterocycles. The normalized spacial score (nSPS) is 14.1. The van der Waals surface area contributed by atoms with Gasteiger partial charge in [-0.2, -0.15) is 0 Å². The summed E-state index contributed by atoms with van der Waals surface area (Å²) in [5.41, 5.74) is 0.803. The average molecular weight is 258 g/mol. The molecular weight excluding hydrogens is 242 g/mol. The number of anilines is 1. The molecule has 94 valence electrons. The molecule has 0 bridgehead atoms. The van der Waals surface area contributed by atoms with Crippen LogP contribution in [0.2, 0.25) is 5.02 Å². The van der Waals surface area contributed by atoms with Gasteiger partial charge in [0.05, 0.1) is 16.7 Å². The molecule has 0 saturated heterocycles. The van der Waals surface area contributed by atoms with E-state index < -0.39 is 5.97 Å². The van der Waals surface area contributed by atoms with Crippen LogP contribution in [0.25, 0.3) is 0 Å². The number of benzene rings is 1. The highest BCUT2D eigenvalue weighted by atomic mass is 35.5. The number of halogens is 1. The molecule has 2 unspecified atom stereocenters. The summed E-state index contributed by atoms with van der Waals surface area (Å²) in [5, 5.41) is 12.3. The fourth-order valence-electron chi connectivity index (χ4n) is 1.36. The fourth-order valence-corrected chi connectivity index (χ4v) is 1.56. The molecule has 17 heavy (non-hydrogen) atoms. The number of carboxylic acids is 1. The van der Waals surface area contributed by atoms with Gasteiger partial charge in [0.15, 0.2) is 0 Å². The predicted molar refractivity (Wildman–Crippen MR) is 68.0 cm³/mol. The van der Waals surface area contributed by atoms with Crippen LogP contribution in [0, 0.1) is 0 Å². The molecule has 0 saturated carbocycles. The van der Waals surface area contributed by atoms with Crippen molar-refractivity contribution in [1.82, 2.24) is 0 Å². The molecule has 0 amide bonds. The molecule has 0 spiro atoms. The lowest BCUT2D eigenvalue weighted by Crippen LogP contribution is -2.29. The number of methoxy groups -OCH3 is 1. The number of nitrogens with one attached hydrogen (secondary N) is 1. The topological polar surface area (TPSA) is 58.6 Å². The number of hydrogen-bond acceptors (Lipinski definition) is 3. The highest BCUT2D eigenvalue weighted by Gasteiger charge is 2.13. The first-order valence-electron chi connectivity index (χ1n) is 5.28. The summed E-state index contributed by atoms with van der Waals surface area (Å²) in [7, 11) is 1.63. The first-order chi connectivity index (χ1) is 7.95. The number of rotatable bonds is 5. The van der Waals surface area contributed by atoms with Crippen molar-refractivity contribution in [2.75, 3.05) is 12.4 Å². The molecule has 1 rings (SSSR count). The van der Waals surface area contributed by atoms with Crippen molar-refractivity contribution >= 4 is 23.3 Å². The van der Waals surface area contributed by atoms with E-state index >= 15 is 0 Å². The Morgan fingerprint density at radius 1 is 1.47 bits per heavy atom. The first kappa shape index (κ1) is 13.8. The van der Waals surface area contributed by atoms with Crippen LogP contribution in [-0.4, -0.2) is 30.3 Å². The zero-order valence-electron chi connectivity index (χ0n) is 10.0. The van der Waals surface area contributed by atoms with E-state index in [4.69, 9.17) is 21.4 Å². The van der Waals surface area contributed by atoms with Crippen LogP contribution in [0.3, 0.4) is 0 Å². The number of carboxylic acid groups (broad SMARTS) is 1. The van der Waals surface area contributed by atoms with E-state index in [1.54, 1.807) is 19.2 Å². The van der Waals surface area contributed by atoms with Gasteiger partial charge in [0.1, 0.15) is 0 Å². The Morgan fingerprint density at radius 3 is 2.65 bits per heavy atom. The van der Waals surface area contributed by atoms with Gasteiger partial charge in [-0.05, 0) is 32.0 Å². The van der Waals surface area contributed by atoms with Gasteiger partial charge < -0.3 is 15.2 Å². The van der Waals surface area contributed by atoms with Gasteiger partial charge in [-0.3, -0.25) is 0 Å². The first-order valence-corrected chi connectivity index (χ1v) is 5.65. The van der Waals surface area contributed by atoms with E-state index in [-0.39, 0.29) is 22.7 Å². The van der Waals surface area contributed by atoms with Gasteiger partial charge in [0.2, 0.25) is 0 Å². The van der Waals surface area contributed by atoms with E-state index in [2.05, 4.69) is 5.32 Å². The third kappa shape index (κ3) is 3.61. The van der Waals surface area contributed by atoms with Crippen molar-refractivity contribution in [1.29, 1.82) is 0 Å². The van der Waals surface area contributed by atoms with Crippen LogP contribution in [0.5, 0.6) is 0 Å². The zero-order chi connectivity index (χ0) is 13.0. The number of aromatic carboxylic acids is 1. The monoisotopic (exact) mass is 257 g/mol. The molecule has 0 aromatic heterocycles. The Morgan fingerprint density at radius 2 is 2.12 bits per heavy atom. The highest BCUT2D eigenvalue weighted by molar-refractivity contribution is 6.33. The molecule has 1 aromatic carbocycles. The van der Waals surface area contributed by atoms with E-state index in [0.29, 0.717) is 5.69 Å². The van der Waals surface area contributed by atoms with Crippen LogP contribution < -0.4 is 5.32 Å². The average Bonchev–Trinajstić information content (AvgIpc) is 2.30. The van der Waals surface area contributed by atoms with Gasteiger partial charge in [-0.15, -0.1) is 0 Å². The summed E-state index contributed by atoms with van der Waals surface area (Å²) in [6, 6.07) is 4.90. The SMILES string of the molecule is COC(C)C(C)Nc1ccc(Cl)c(C(=O)O)c1. The molecule has 4 nitrogen and oxygen atoms in total. The minimum Gasteiger partial charge on any atom is -0.478 e. The second kappa shape index (κ2) is 5.89. The summed E-state index contributed by atoms with van der Waals surface area (Å²) >= 11 is 5.78. The van der Waals surface area contributed by atoms with Crippen molar-refractivity contribution < 1.29 is 14.6 Å². The van der Waals surface area contributed by atoms with Crippen LogP contribution in [0.15, 0.2) is 18.2 Å². The molecule has 1 aromatic rings. The molecule has 0 fully saturated rings. The van der Waals surface area contributed by atoms with Gasteiger partial charge in [-0.25, -0.2) is 4.79 Å². The number of carbonyl (C=O) groups is 1. The van der Waals surface area contributed by atoms with Crippen LogP contribution in [0.1, 0.15) is 24.2 Å². The van der Waals surface area contributed by atoms with Crippen molar-refractivity contribution in [2.24, 2.45) is 0 Å². The Kier molecular flexibility index (Phi) is 4.78. The van der Waals surface area contributed by atoms with Gasteiger partial charge >= 0.3 is 5.97 Å². The van der Waals surface area contributed by atoms with Crippen LogP contribution in [0.4, 0.5) is 5.69 Å². The Hall–Kier alpha value is -1.26. The molecule has 0 aliphatic rings. The van der Waals surface area contributed by atoms with Gasteiger partial charge in [-0.1, -0.05) is 11.6 Å². The van der Waals surface area contributed by atoms with Gasteiger partial charge in [0.25, 0.3) is 0 Å². The van der Waals surface area contributed by atoms with Crippen LogP contribution in [-0.2, 0) is 4.74 Å².